The molecule has 0 saturated carbocycles. The molecule has 0 fully saturated rings. The van der Waals surface area contributed by atoms with Gasteiger partial charge in [0.2, 0.25) is 11.8 Å². The molecule has 1 aromatic carbocycles. The van der Waals surface area contributed by atoms with Crippen LogP contribution in [0.3, 0.4) is 0 Å². The molecule has 0 radical (unpaired) electrons. The molecule has 0 aliphatic heterocycles. The molecule has 1 aromatic heterocycles. The molecule has 150 valence electrons. The van der Waals surface area contributed by atoms with Crippen molar-refractivity contribution >= 4 is 29.3 Å². The SMILES string of the molecule is CSc1nc(C)c(CCC(=O)N(C)CC(=O)Nc2cc(C)ccc2C)c(C)n1. The third-order valence-corrected chi connectivity index (χ3v) is 5.19. The Bertz CT molecular complexity index is 860. The average Bonchev–Trinajstić information content (AvgIpc) is 2.63. The Hall–Kier alpha value is -2.41. The van der Waals surface area contributed by atoms with Crippen LogP contribution in [-0.2, 0) is 16.0 Å². The number of anilines is 1. The van der Waals surface area contributed by atoms with Crippen molar-refractivity contribution in [2.24, 2.45) is 0 Å². The Morgan fingerprint density at radius 1 is 1.11 bits per heavy atom. The predicted molar refractivity (Wildman–Crippen MR) is 114 cm³/mol. The average molecular weight is 401 g/mol. The van der Waals surface area contributed by atoms with Crippen LogP contribution in [0.4, 0.5) is 5.69 Å². The molecule has 2 rings (SSSR count). The smallest absolute Gasteiger partial charge is 0.243 e. The summed E-state index contributed by atoms with van der Waals surface area (Å²) in [5.41, 5.74) is 5.65. The lowest BCUT2D eigenvalue weighted by molar-refractivity contribution is -0.133. The lowest BCUT2D eigenvalue weighted by Gasteiger charge is -2.18. The number of likely N-dealkylation sites (N-methyl/N-ethyl adjacent to an activating group) is 1. The van der Waals surface area contributed by atoms with Gasteiger partial charge in [0.05, 0.1) is 6.54 Å². The molecule has 2 amide bonds. The minimum atomic E-state index is -0.204. The number of aryl methyl sites for hydroxylation is 4. The minimum Gasteiger partial charge on any atom is -0.336 e. The van der Waals surface area contributed by atoms with Gasteiger partial charge in [0.1, 0.15) is 0 Å². The summed E-state index contributed by atoms with van der Waals surface area (Å²) in [5, 5.41) is 3.63. The van der Waals surface area contributed by atoms with Crippen molar-refractivity contribution in [2.75, 3.05) is 25.2 Å². The van der Waals surface area contributed by atoms with Crippen LogP contribution in [0.1, 0.15) is 34.5 Å². The summed E-state index contributed by atoms with van der Waals surface area (Å²) in [5.74, 6) is -0.284. The van der Waals surface area contributed by atoms with E-state index < -0.39 is 0 Å². The molecule has 2 aromatic rings. The fourth-order valence-electron chi connectivity index (χ4n) is 2.95. The van der Waals surface area contributed by atoms with Gasteiger partial charge < -0.3 is 10.2 Å². The number of rotatable bonds is 7. The van der Waals surface area contributed by atoms with Crippen molar-refractivity contribution in [1.29, 1.82) is 0 Å². The maximum atomic E-state index is 12.5. The van der Waals surface area contributed by atoms with Crippen molar-refractivity contribution in [3.8, 4) is 0 Å². The number of nitrogens with one attached hydrogen (secondary N) is 1. The number of amides is 2. The van der Waals surface area contributed by atoms with E-state index in [1.807, 2.05) is 52.1 Å². The summed E-state index contributed by atoms with van der Waals surface area (Å²) in [6, 6.07) is 5.90. The molecule has 1 N–H and O–H groups in total. The van der Waals surface area contributed by atoms with Gasteiger partial charge in [-0.05, 0) is 63.1 Å². The molecule has 0 bridgehead atoms. The molecular formula is C21H28N4O2S. The molecule has 28 heavy (non-hydrogen) atoms. The molecular weight excluding hydrogens is 372 g/mol. The van der Waals surface area contributed by atoms with E-state index in [9.17, 15) is 9.59 Å². The first-order chi connectivity index (χ1) is 13.2. The maximum Gasteiger partial charge on any atom is 0.243 e. The van der Waals surface area contributed by atoms with Crippen LogP contribution < -0.4 is 5.32 Å². The normalized spacial score (nSPS) is 10.6. The van der Waals surface area contributed by atoms with Crippen LogP contribution in [0, 0.1) is 27.7 Å². The van der Waals surface area contributed by atoms with Gasteiger partial charge in [-0.25, -0.2) is 9.97 Å². The van der Waals surface area contributed by atoms with E-state index in [-0.39, 0.29) is 18.4 Å². The second kappa shape index (κ2) is 9.68. The third-order valence-electron chi connectivity index (χ3n) is 4.65. The lowest BCUT2D eigenvalue weighted by atomic mass is 10.1. The van der Waals surface area contributed by atoms with Crippen LogP contribution in [0.15, 0.2) is 23.4 Å². The number of aromatic nitrogens is 2. The summed E-state index contributed by atoms with van der Waals surface area (Å²) in [6.07, 6.45) is 2.82. The lowest BCUT2D eigenvalue weighted by Crippen LogP contribution is -2.35. The minimum absolute atomic E-state index is 0.0199. The van der Waals surface area contributed by atoms with E-state index >= 15 is 0 Å². The summed E-state index contributed by atoms with van der Waals surface area (Å²) in [7, 11) is 1.65. The highest BCUT2D eigenvalue weighted by atomic mass is 32.2. The number of hydrogen-bond acceptors (Lipinski definition) is 5. The monoisotopic (exact) mass is 400 g/mol. The van der Waals surface area contributed by atoms with Crippen LogP contribution in [0.25, 0.3) is 0 Å². The first-order valence-corrected chi connectivity index (χ1v) is 10.4. The largest absolute Gasteiger partial charge is 0.336 e. The van der Waals surface area contributed by atoms with E-state index in [4.69, 9.17) is 0 Å². The van der Waals surface area contributed by atoms with Crippen LogP contribution in [0.2, 0.25) is 0 Å². The fourth-order valence-corrected chi connectivity index (χ4v) is 3.40. The Balaban J connectivity index is 1.92. The Morgan fingerprint density at radius 3 is 2.36 bits per heavy atom. The maximum absolute atomic E-state index is 12.5. The van der Waals surface area contributed by atoms with Gasteiger partial charge in [0.15, 0.2) is 5.16 Å². The van der Waals surface area contributed by atoms with Crippen LogP contribution in [0.5, 0.6) is 0 Å². The van der Waals surface area contributed by atoms with Crippen molar-refractivity contribution in [3.63, 3.8) is 0 Å². The topological polar surface area (TPSA) is 75.2 Å². The summed E-state index contributed by atoms with van der Waals surface area (Å²) >= 11 is 1.50. The predicted octanol–water partition coefficient (Wildman–Crippen LogP) is 3.46. The highest BCUT2D eigenvalue weighted by Crippen LogP contribution is 2.18. The molecule has 0 aliphatic carbocycles. The standard InChI is InChI=1S/C21H28N4O2S/c1-13-7-8-14(2)18(11-13)24-19(26)12-25(5)20(27)10-9-17-15(3)22-21(28-6)23-16(17)4/h7-8,11H,9-10,12H2,1-6H3,(H,24,26). The molecule has 7 heteroatoms. The van der Waals surface area contributed by atoms with Crippen molar-refractivity contribution < 1.29 is 9.59 Å². The van der Waals surface area contributed by atoms with Gasteiger partial charge in [-0.15, -0.1) is 0 Å². The summed E-state index contributed by atoms with van der Waals surface area (Å²) < 4.78 is 0. The number of carbonyl (C=O) groups excluding carboxylic acids is 2. The molecule has 0 saturated heterocycles. The second-order valence-electron chi connectivity index (χ2n) is 6.98. The van der Waals surface area contributed by atoms with Gasteiger partial charge >= 0.3 is 0 Å². The van der Waals surface area contributed by atoms with Crippen molar-refractivity contribution in [2.45, 2.75) is 45.7 Å². The zero-order valence-electron chi connectivity index (χ0n) is 17.4. The number of thioether (sulfide) groups is 1. The van der Waals surface area contributed by atoms with E-state index in [1.165, 1.54) is 16.7 Å². The highest BCUT2D eigenvalue weighted by molar-refractivity contribution is 7.98. The van der Waals surface area contributed by atoms with E-state index in [0.717, 1.165) is 38.9 Å². The third kappa shape index (κ3) is 5.79. The first-order valence-electron chi connectivity index (χ1n) is 9.20. The zero-order chi connectivity index (χ0) is 20.8. The molecule has 6 nitrogen and oxygen atoms in total. The first kappa shape index (κ1) is 21.9. The van der Waals surface area contributed by atoms with Gasteiger partial charge in [-0.2, -0.15) is 0 Å². The Kier molecular flexibility index (Phi) is 7.57. The molecule has 1 heterocycles. The van der Waals surface area contributed by atoms with Crippen LogP contribution in [-0.4, -0.2) is 46.5 Å². The van der Waals surface area contributed by atoms with Gasteiger partial charge in [0, 0.05) is 30.5 Å². The van der Waals surface area contributed by atoms with Gasteiger partial charge in [0.25, 0.3) is 0 Å². The van der Waals surface area contributed by atoms with Crippen LogP contribution >= 0.6 is 11.8 Å². The Labute approximate surface area is 171 Å². The molecule has 0 aliphatic rings. The Morgan fingerprint density at radius 2 is 1.75 bits per heavy atom. The second-order valence-corrected chi connectivity index (χ2v) is 7.75. The van der Waals surface area contributed by atoms with Crippen molar-refractivity contribution in [1.82, 2.24) is 14.9 Å². The summed E-state index contributed by atoms with van der Waals surface area (Å²) in [4.78, 5) is 35.1. The number of carbonyl (C=O) groups is 2. The highest BCUT2D eigenvalue weighted by Gasteiger charge is 2.16. The summed E-state index contributed by atoms with van der Waals surface area (Å²) in [6.45, 7) is 7.82. The number of nitrogens with zero attached hydrogens (tertiary/aromatic N) is 3. The zero-order valence-corrected chi connectivity index (χ0v) is 18.2. The van der Waals surface area contributed by atoms with Gasteiger partial charge in [-0.3, -0.25) is 9.59 Å². The fraction of sp³-hybridized carbons (Fsp3) is 0.429. The molecule has 0 spiro atoms. The number of hydrogen-bond donors (Lipinski definition) is 1. The van der Waals surface area contributed by atoms with Crippen molar-refractivity contribution in [3.05, 3.63) is 46.3 Å². The van der Waals surface area contributed by atoms with Gasteiger partial charge in [-0.1, -0.05) is 23.9 Å². The van der Waals surface area contributed by atoms with E-state index in [0.29, 0.717) is 12.8 Å². The van der Waals surface area contributed by atoms with E-state index in [1.54, 1.807) is 7.05 Å². The number of benzene rings is 1. The molecule has 0 unspecified atom stereocenters. The molecule has 0 atom stereocenters. The quantitative estimate of drug-likeness (QED) is 0.569. The van der Waals surface area contributed by atoms with E-state index in [2.05, 4.69) is 15.3 Å².